The maximum Gasteiger partial charge on any atom is 0.259 e. The van der Waals surface area contributed by atoms with Crippen LogP contribution in [0.1, 0.15) is 42.9 Å². The number of nitrogens with one attached hydrogen (secondary N) is 2. The molecule has 11 heteroatoms. The van der Waals surface area contributed by atoms with Gasteiger partial charge in [-0.25, -0.2) is 9.89 Å². The van der Waals surface area contributed by atoms with E-state index in [-0.39, 0.29) is 43.2 Å². The lowest BCUT2D eigenvalue weighted by Crippen LogP contribution is -2.42. The van der Waals surface area contributed by atoms with E-state index in [2.05, 4.69) is 34.5 Å². The molecule has 0 saturated heterocycles. The summed E-state index contributed by atoms with van der Waals surface area (Å²) in [4.78, 5) is 49.9. The Balaban J connectivity index is 1.11. The van der Waals surface area contributed by atoms with E-state index in [9.17, 15) is 14.4 Å². The molecule has 3 aromatic carbocycles. The number of carbonyl (C=O) groups excluding carboxylic acids is 3. The lowest BCUT2D eigenvalue weighted by atomic mass is 10.0. The maximum atomic E-state index is 13.5. The van der Waals surface area contributed by atoms with Gasteiger partial charge in [0, 0.05) is 17.8 Å². The number of nitrogens with zero attached hydrogens (tertiary/aromatic N) is 3. The van der Waals surface area contributed by atoms with Gasteiger partial charge in [-0.05, 0) is 53.4 Å². The molecule has 0 bridgehead atoms. The van der Waals surface area contributed by atoms with E-state index in [1.165, 1.54) is 10.5 Å². The van der Waals surface area contributed by atoms with Crippen LogP contribution in [0.3, 0.4) is 0 Å². The van der Waals surface area contributed by atoms with Gasteiger partial charge in [-0.2, -0.15) is 0 Å². The highest BCUT2D eigenvalue weighted by atomic mass is 32.2. The van der Waals surface area contributed by atoms with Crippen molar-refractivity contribution in [3.05, 3.63) is 83.4 Å². The lowest BCUT2D eigenvalue weighted by molar-refractivity contribution is -0.128. The molecule has 0 aromatic heterocycles. The topological polar surface area (TPSA) is 122 Å². The standard InChI is InChI=1S/C31H29N5O5S/c1-18(2)20-8-10-21(11-9-20)33-28(38)16-42-31-35-23-6-4-3-5-22(23)29-34-24(30(39)36(29)31)14-27(37)32-15-19-7-12-25-26(13-19)41-17-40-25/h3-13,18,24H,14-17H2,1-2H3,(H,32,37)(H,33,38)/t24-/m0/s1. The van der Waals surface area contributed by atoms with Gasteiger partial charge < -0.3 is 20.1 Å². The van der Waals surface area contributed by atoms with Crippen molar-refractivity contribution in [3.8, 4) is 11.5 Å². The van der Waals surface area contributed by atoms with Crippen LogP contribution in [-0.2, 0) is 20.9 Å². The van der Waals surface area contributed by atoms with Crippen LogP contribution in [0.15, 0.2) is 76.7 Å². The summed E-state index contributed by atoms with van der Waals surface area (Å²) in [7, 11) is 0. The van der Waals surface area contributed by atoms with Gasteiger partial charge in [0.15, 0.2) is 16.7 Å². The van der Waals surface area contributed by atoms with Crippen molar-refractivity contribution in [2.45, 2.75) is 38.8 Å². The zero-order valence-electron chi connectivity index (χ0n) is 23.1. The molecule has 0 unspecified atom stereocenters. The third-order valence-electron chi connectivity index (χ3n) is 7.05. The quantitative estimate of drug-likeness (QED) is 0.401. The number of anilines is 1. The van der Waals surface area contributed by atoms with Crippen molar-refractivity contribution in [2.24, 2.45) is 9.98 Å². The van der Waals surface area contributed by atoms with Gasteiger partial charge in [0.2, 0.25) is 18.6 Å². The minimum absolute atomic E-state index is 0.0463. The molecule has 3 aliphatic heterocycles. The van der Waals surface area contributed by atoms with Crippen molar-refractivity contribution < 1.29 is 23.9 Å². The fraction of sp³-hybridized carbons (Fsp3) is 0.258. The van der Waals surface area contributed by atoms with Gasteiger partial charge in [0.25, 0.3) is 5.91 Å². The van der Waals surface area contributed by atoms with Crippen LogP contribution in [0.4, 0.5) is 11.4 Å². The number of hydrogen-bond acceptors (Lipinski definition) is 8. The highest BCUT2D eigenvalue weighted by Gasteiger charge is 2.42. The van der Waals surface area contributed by atoms with E-state index >= 15 is 0 Å². The van der Waals surface area contributed by atoms with Crippen LogP contribution in [0, 0.1) is 0 Å². The summed E-state index contributed by atoms with van der Waals surface area (Å²) in [6, 6.07) is 19.7. The monoisotopic (exact) mass is 583 g/mol. The maximum absolute atomic E-state index is 13.5. The Labute approximate surface area is 247 Å². The molecule has 6 rings (SSSR count). The summed E-state index contributed by atoms with van der Waals surface area (Å²) in [6.45, 7) is 4.68. The highest BCUT2D eigenvalue weighted by Crippen LogP contribution is 2.35. The number of hydrogen-bond donors (Lipinski definition) is 2. The van der Waals surface area contributed by atoms with Gasteiger partial charge in [-0.3, -0.25) is 19.4 Å². The normalized spacial score (nSPS) is 16.5. The second-order valence-electron chi connectivity index (χ2n) is 10.3. The summed E-state index contributed by atoms with van der Waals surface area (Å²) in [5, 5.41) is 6.11. The van der Waals surface area contributed by atoms with Crippen LogP contribution < -0.4 is 20.1 Å². The smallest absolute Gasteiger partial charge is 0.259 e. The molecule has 1 atom stereocenters. The molecule has 3 aromatic rings. The molecule has 3 heterocycles. The number of ether oxygens (including phenoxy) is 2. The Kier molecular flexibility index (Phi) is 7.66. The molecule has 3 aliphatic rings. The second-order valence-corrected chi connectivity index (χ2v) is 11.3. The Morgan fingerprint density at radius 1 is 1.02 bits per heavy atom. The van der Waals surface area contributed by atoms with E-state index in [1.807, 2.05) is 60.7 Å². The van der Waals surface area contributed by atoms with Crippen LogP contribution in [0.25, 0.3) is 0 Å². The summed E-state index contributed by atoms with van der Waals surface area (Å²) in [5.41, 5.74) is 4.09. The molecule has 2 N–H and O–H groups in total. The zero-order valence-corrected chi connectivity index (χ0v) is 23.9. The van der Waals surface area contributed by atoms with Crippen molar-refractivity contribution in [1.82, 2.24) is 10.2 Å². The second kappa shape index (κ2) is 11.7. The number of para-hydroxylation sites is 1. The van der Waals surface area contributed by atoms with E-state index in [0.29, 0.717) is 45.4 Å². The first kappa shape index (κ1) is 27.5. The highest BCUT2D eigenvalue weighted by molar-refractivity contribution is 8.14. The average molecular weight is 584 g/mol. The summed E-state index contributed by atoms with van der Waals surface area (Å²) in [5.74, 6) is 1.31. The third-order valence-corrected chi connectivity index (χ3v) is 7.99. The molecular weight excluding hydrogens is 554 g/mol. The molecule has 42 heavy (non-hydrogen) atoms. The number of amidine groups is 2. The van der Waals surface area contributed by atoms with Crippen molar-refractivity contribution >= 4 is 51.9 Å². The fourth-order valence-corrected chi connectivity index (χ4v) is 5.61. The predicted octanol–water partition coefficient (Wildman–Crippen LogP) is 4.58. The fourth-order valence-electron chi connectivity index (χ4n) is 4.81. The summed E-state index contributed by atoms with van der Waals surface area (Å²) >= 11 is 1.15. The van der Waals surface area contributed by atoms with Crippen molar-refractivity contribution in [2.75, 3.05) is 17.9 Å². The van der Waals surface area contributed by atoms with E-state index < -0.39 is 6.04 Å². The Hall–Kier alpha value is -4.64. The molecule has 214 valence electrons. The molecule has 0 spiro atoms. The van der Waals surface area contributed by atoms with Gasteiger partial charge in [-0.1, -0.05) is 55.9 Å². The molecule has 0 aliphatic carbocycles. The predicted molar refractivity (Wildman–Crippen MR) is 161 cm³/mol. The van der Waals surface area contributed by atoms with Crippen LogP contribution in [-0.4, -0.2) is 52.2 Å². The molecular formula is C31H29N5O5S. The SMILES string of the molecule is CC(C)c1ccc(NC(=O)CSC2=Nc3ccccc3C3=N[C@@H](CC(=O)NCc4ccc5c(c4)OCO5)C(=O)N23)cc1. The number of aliphatic imine (C=N–C) groups is 2. The van der Waals surface area contributed by atoms with Crippen LogP contribution in [0.2, 0.25) is 0 Å². The van der Waals surface area contributed by atoms with Crippen LogP contribution in [0.5, 0.6) is 11.5 Å². The molecule has 10 nitrogen and oxygen atoms in total. The molecule has 3 amide bonds. The van der Waals surface area contributed by atoms with Crippen LogP contribution >= 0.6 is 11.8 Å². The van der Waals surface area contributed by atoms with E-state index in [0.717, 1.165) is 17.3 Å². The van der Waals surface area contributed by atoms with Crippen molar-refractivity contribution in [3.63, 3.8) is 0 Å². The minimum Gasteiger partial charge on any atom is -0.454 e. The number of carbonyl (C=O) groups is 3. The van der Waals surface area contributed by atoms with Gasteiger partial charge in [0.05, 0.1) is 17.9 Å². The van der Waals surface area contributed by atoms with E-state index in [1.54, 1.807) is 6.07 Å². The number of rotatable bonds is 8. The lowest BCUT2D eigenvalue weighted by Gasteiger charge is -2.25. The largest absolute Gasteiger partial charge is 0.454 e. The Bertz CT molecular complexity index is 1620. The minimum atomic E-state index is -0.901. The van der Waals surface area contributed by atoms with Gasteiger partial charge >= 0.3 is 0 Å². The van der Waals surface area contributed by atoms with Crippen molar-refractivity contribution in [1.29, 1.82) is 0 Å². The number of amides is 3. The Morgan fingerprint density at radius 2 is 1.81 bits per heavy atom. The summed E-state index contributed by atoms with van der Waals surface area (Å²) < 4.78 is 10.7. The number of benzene rings is 3. The summed E-state index contributed by atoms with van der Waals surface area (Å²) in [6.07, 6.45) is -0.115. The number of thioether (sulfide) groups is 1. The molecule has 0 radical (unpaired) electrons. The number of fused-ring (bicyclic) bond motifs is 4. The van der Waals surface area contributed by atoms with E-state index in [4.69, 9.17) is 9.47 Å². The first-order chi connectivity index (χ1) is 20.4. The molecule has 0 fully saturated rings. The zero-order chi connectivity index (χ0) is 29.2. The Morgan fingerprint density at radius 3 is 2.62 bits per heavy atom. The van der Waals surface area contributed by atoms with Gasteiger partial charge in [-0.15, -0.1) is 0 Å². The first-order valence-electron chi connectivity index (χ1n) is 13.6. The van der Waals surface area contributed by atoms with Gasteiger partial charge in [0.1, 0.15) is 11.9 Å². The molecule has 0 saturated carbocycles. The average Bonchev–Trinajstić information content (AvgIpc) is 3.59. The third kappa shape index (κ3) is 5.73. The first-order valence-corrected chi connectivity index (χ1v) is 14.6.